The molecule has 0 aromatic heterocycles. The number of ether oxygens (including phenoxy) is 3. The molecule has 4 nitrogen and oxygen atoms in total. The quantitative estimate of drug-likeness (QED) is 0.600. The highest BCUT2D eigenvalue weighted by molar-refractivity contribution is 5.48. The minimum absolute atomic E-state index is 0.541. The average molecular weight is 343 g/mol. The summed E-state index contributed by atoms with van der Waals surface area (Å²) in [5.74, 6) is 2.29. The first-order valence-corrected chi connectivity index (χ1v) is 8.96. The van der Waals surface area contributed by atoms with Crippen LogP contribution in [0.4, 0.5) is 5.69 Å². The molecule has 0 aliphatic heterocycles. The topological polar surface area (TPSA) is 39.7 Å². The van der Waals surface area contributed by atoms with Crippen LogP contribution in [0.3, 0.4) is 0 Å². The normalized spacial score (nSPS) is 10.7. The van der Waals surface area contributed by atoms with Crippen molar-refractivity contribution in [3.63, 3.8) is 0 Å². The van der Waals surface area contributed by atoms with Crippen LogP contribution in [0.25, 0.3) is 0 Å². The van der Waals surface area contributed by atoms with E-state index in [1.165, 1.54) is 5.56 Å². The van der Waals surface area contributed by atoms with E-state index >= 15 is 0 Å². The molecular formula is C21H29NO3. The molecule has 0 unspecified atom stereocenters. The standard InChI is InChI=1S/C21H29NO3/c1-4-23-14-15-25-21-7-5-6-19(16-21)22-12-13-24-20-10-8-18(9-11-20)17(2)3/h5-11,16-17,22H,4,12-15H2,1-3H3. The van der Waals surface area contributed by atoms with Crippen molar-refractivity contribution in [3.8, 4) is 11.5 Å². The largest absolute Gasteiger partial charge is 0.492 e. The zero-order valence-corrected chi connectivity index (χ0v) is 15.5. The third-order valence-electron chi connectivity index (χ3n) is 3.78. The van der Waals surface area contributed by atoms with Crippen molar-refractivity contribution < 1.29 is 14.2 Å². The third kappa shape index (κ3) is 7.06. The first-order valence-electron chi connectivity index (χ1n) is 8.96. The van der Waals surface area contributed by atoms with Gasteiger partial charge in [-0.3, -0.25) is 0 Å². The van der Waals surface area contributed by atoms with Gasteiger partial charge < -0.3 is 19.5 Å². The van der Waals surface area contributed by atoms with Gasteiger partial charge in [-0.05, 0) is 42.7 Å². The Morgan fingerprint density at radius 1 is 0.880 bits per heavy atom. The van der Waals surface area contributed by atoms with Gasteiger partial charge in [-0.2, -0.15) is 0 Å². The third-order valence-corrected chi connectivity index (χ3v) is 3.78. The molecule has 0 aliphatic rings. The molecule has 0 amide bonds. The van der Waals surface area contributed by atoms with Crippen molar-refractivity contribution >= 4 is 5.69 Å². The second kappa shape index (κ2) is 10.6. The average Bonchev–Trinajstić information content (AvgIpc) is 2.63. The minimum Gasteiger partial charge on any atom is -0.492 e. The van der Waals surface area contributed by atoms with Crippen LogP contribution >= 0.6 is 0 Å². The van der Waals surface area contributed by atoms with Crippen molar-refractivity contribution in [2.75, 3.05) is 38.3 Å². The summed E-state index contributed by atoms with van der Waals surface area (Å²) in [7, 11) is 0. The summed E-state index contributed by atoms with van der Waals surface area (Å²) in [6.07, 6.45) is 0. The summed E-state index contributed by atoms with van der Waals surface area (Å²) in [5, 5.41) is 3.35. The Labute approximate surface area is 151 Å². The molecule has 0 fully saturated rings. The van der Waals surface area contributed by atoms with Gasteiger partial charge in [0.25, 0.3) is 0 Å². The lowest BCUT2D eigenvalue weighted by atomic mass is 10.0. The molecule has 0 heterocycles. The van der Waals surface area contributed by atoms with Crippen molar-refractivity contribution in [1.82, 2.24) is 0 Å². The van der Waals surface area contributed by atoms with Crippen LogP contribution in [0, 0.1) is 0 Å². The Hall–Kier alpha value is -2.20. The van der Waals surface area contributed by atoms with Crippen LogP contribution < -0.4 is 14.8 Å². The van der Waals surface area contributed by atoms with Crippen LogP contribution in [-0.4, -0.2) is 33.0 Å². The van der Waals surface area contributed by atoms with E-state index in [1.54, 1.807) is 0 Å². The molecule has 0 saturated heterocycles. The fourth-order valence-electron chi connectivity index (χ4n) is 2.37. The predicted octanol–water partition coefficient (Wildman–Crippen LogP) is 4.72. The van der Waals surface area contributed by atoms with E-state index in [0.29, 0.717) is 32.3 Å². The Bertz CT molecular complexity index is 611. The maximum atomic E-state index is 5.77. The van der Waals surface area contributed by atoms with E-state index in [9.17, 15) is 0 Å². The van der Waals surface area contributed by atoms with Crippen molar-refractivity contribution in [1.29, 1.82) is 0 Å². The molecule has 0 aliphatic carbocycles. The van der Waals surface area contributed by atoms with E-state index in [-0.39, 0.29) is 0 Å². The molecule has 4 heteroatoms. The number of benzene rings is 2. The number of anilines is 1. The highest BCUT2D eigenvalue weighted by Gasteiger charge is 2.00. The van der Waals surface area contributed by atoms with Crippen molar-refractivity contribution in [2.24, 2.45) is 0 Å². The van der Waals surface area contributed by atoms with Gasteiger partial charge in [0.15, 0.2) is 0 Å². The molecule has 0 spiro atoms. The van der Waals surface area contributed by atoms with Gasteiger partial charge in [-0.15, -0.1) is 0 Å². The van der Waals surface area contributed by atoms with Crippen LogP contribution in [-0.2, 0) is 4.74 Å². The molecule has 2 aromatic rings. The zero-order chi connectivity index (χ0) is 17.9. The molecular weight excluding hydrogens is 314 g/mol. The van der Waals surface area contributed by atoms with Gasteiger partial charge in [0.1, 0.15) is 24.7 Å². The summed E-state index contributed by atoms with van der Waals surface area (Å²) in [4.78, 5) is 0. The Kier molecular flexibility index (Phi) is 8.13. The second-order valence-electron chi connectivity index (χ2n) is 6.07. The van der Waals surface area contributed by atoms with E-state index in [2.05, 4.69) is 31.3 Å². The lowest BCUT2D eigenvalue weighted by Gasteiger charge is -2.11. The predicted molar refractivity (Wildman–Crippen MR) is 103 cm³/mol. The lowest BCUT2D eigenvalue weighted by Crippen LogP contribution is -2.11. The summed E-state index contributed by atoms with van der Waals surface area (Å²) < 4.78 is 16.7. The highest BCUT2D eigenvalue weighted by Crippen LogP contribution is 2.19. The van der Waals surface area contributed by atoms with E-state index in [4.69, 9.17) is 14.2 Å². The summed E-state index contributed by atoms with van der Waals surface area (Å²) in [6.45, 7) is 9.58. The fourth-order valence-corrected chi connectivity index (χ4v) is 2.37. The van der Waals surface area contributed by atoms with Gasteiger partial charge in [-0.25, -0.2) is 0 Å². The summed E-state index contributed by atoms with van der Waals surface area (Å²) >= 11 is 0. The molecule has 0 bridgehead atoms. The summed E-state index contributed by atoms with van der Waals surface area (Å²) in [5.41, 5.74) is 2.35. The molecule has 2 aromatic carbocycles. The van der Waals surface area contributed by atoms with Gasteiger partial charge in [0.2, 0.25) is 0 Å². The monoisotopic (exact) mass is 343 g/mol. The molecule has 2 rings (SSSR count). The van der Waals surface area contributed by atoms with Crippen LogP contribution in [0.1, 0.15) is 32.3 Å². The Morgan fingerprint density at radius 3 is 2.36 bits per heavy atom. The minimum atomic E-state index is 0.541. The number of hydrogen-bond donors (Lipinski definition) is 1. The van der Waals surface area contributed by atoms with Gasteiger partial charge in [0, 0.05) is 24.9 Å². The van der Waals surface area contributed by atoms with Crippen LogP contribution in [0.5, 0.6) is 11.5 Å². The van der Waals surface area contributed by atoms with E-state index < -0.39 is 0 Å². The smallest absolute Gasteiger partial charge is 0.121 e. The molecule has 136 valence electrons. The van der Waals surface area contributed by atoms with E-state index in [1.807, 2.05) is 43.3 Å². The fraction of sp³-hybridized carbons (Fsp3) is 0.429. The van der Waals surface area contributed by atoms with Crippen molar-refractivity contribution in [2.45, 2.75) is 26.7 Å². The van der Waals surface area contributed by atoms with Crippen LogP contribution in [0.2, 0.25) is 0 Å². The number of hydrogen-bond acceptors (Lipinski definition) is 4. The van der Waals surface area contributed by atoms with Gasteiger partial charge in [0.05, 0.1) is 6.61 Å². The van der Waals surface area contributed by atoms with Crippen LogP contribution in [0.15, 0.2) is 48.5 Å². The zero-order valence-electron chi connectivity index (χ0n) is 15.5. The first-order chi connectivity index (χ1) is 12.2. The number of nitrogens with one attached hydrogen (secondary N) is 1. The SMILES string of the molecule is CCOCCOc1cccc(NCCOc2ccc(C(C)C)cc2)c1. The number of rotatable bonds is 11. The maximum absolute atomic E-state index is 5.77. The van der Waals surface area contributed by atoms with Crippen molar-refractivity contribution in [3.05, 3.63) is 54.1 Å². The maximum Gasteiger partial charge on any atom is 0.121 e. The van der Waals surface area contributed by atoms with E-state index in [0.717, 1.165) is 23.7 Å². The first kappa shape index (κ1) is 19.1. The molecule has 0 radical (unpaired) electrons. The molecule has 0 saturated carbocycles. The Morgan fingerprint density at radius 2 is 1.64 bits per heavy atom. The highest BCUT2D eigenvalue weighted by atomic mass is 16.5. The lowest BCUT2D eigenvalue weighted by molar-refractivity contribution is 0.110. The second-order valence-corrected chi connectivity index (χ2v) is 6.07. The molecule has 0 atom stereocenters. The van der Waals surface area contributed by atoms with Gasteiger partial charge in [-0.1, -0.05) is 32.0 Å². The summed E-state index contributed by atoms with van der Waals surface area (Å²) in [6, 6.07) is 16.2. The molecule has 25 heavy (non-hydrogen) atoms. The molecule has 1 N–H and O–H groups in total. The van der Waals surface area contributed by atoms with Gasteiger partial charge >= 0.3 is 0 Å². The Balaban J connectivity index is 1.70.